The number of unbranched alkanes of at least 4 members (excludes halogenated alkanes) is 8. The summed E-state index contributed by atoms with van der Waals surface area (Å²) < 4.78 is 14.1. The van der Waals surface area contributed by atoms with Gasteiger partial charge in [0.2, 0.25) is 0 Å². The smallest absolute Gasteiger partial charge is 0.161 e. The SMILES string of the molecule is C=CCc1ccc(OCc2nc3ccccc3n2CCCCCCCCCCC)c(OC)c1. The van der Waals surface area contributed by atoms with Gasteiger partial charge in [-0.1, -0.05) is 82.6 Å². The number of nitrogens with zero attached hydrogens (tertiary/aromatic N) is 2. The first kappa shape index (κ1) is 24.9. The van der Waals surface area contributed by atoms with Gasteiger partial charge in [0.1, 0.15) is 12.4 Å². The molecule has 3 aromatic rings. The van der Waals surface area contributed by atoms with Gasteiger partial charge in [0.15, 0.2) is 11.5 Å². The number of allylic oxidation sites excluding steroid dienone is 1. The second-order valence-corrected chi connectivity index (χ2v) is 8.76. The van der Waals surface area contributed by atoms with Crippen LogP contribution in [0.4, 0.5) is 0 Å². The number of ether oxygens (including phenoxy) is 2. The summed E-state index contributed by atoms with van der Waals surface area (Å²) in [6, 6.07) is 14.4. The van der Waals surface area contributed by atoms with Gasteiger partial charge in [0.05, 0.1) is 18.1 Å². The van der Waals surface area contributed by atoms with E-state index >= 15 is 0 Å². The molecular formula is C29H40N2O2. The third-order valence-electron chi connectivity index (χ3n) is 6.18. The number of imidazole rings is 1. The minimum Gasteiger partial charge on any atom is -0.493 e. The highest BCUT2D eigenvalue weighted by atomic mass is 16.5. The summed E-state index contributed by atoms with van der Waals surface area (Å²) in [6.45, 7) is 7.48. The minimum absolute atomic E-state index is 0.420. The van der Waals surface area contributed by atoms with E-state index < -0.39 is 0 Å². The second kappa shape index (κ2) is 13.7. The molecule has 4 heteroatoms. The molecule has 0 amide bonds. The van der Waals surface area contributed by atoms with Crippen LogP contribution in [0.25, 0.3) is 11.0 Å². The molecule has 0 atom stereocenters. The fourth-order valence-corrected chi connectivity index (χ4v) is 4.33. The largest absolute Gasteiger partial charge is 0.493 e. The van der Waals surface area contributed by atoms with Gasteiger partial charge < -0.3 is 14.0 Å². The van der Waals surface area contributed by atoms with E-state index in [1.54, 1.807) is 7.11 Å². The van der Waals surface area contributed by atoms with Crippen LogP contribution in [0.3, 0.4) is 0 Å². The zero-order valence-corrected chi connectivity index (χ0v) is 20.5. The number of para-hydroxylation sites is 2. The van der Waals surface area contributed by atoms with Crippen LogP contribution in [0.15, 0.2) is 55.1 Å². The Labute approximate surface area is 199 Å². The fourth-order valence-electron chi connectivity index (χ4n) is 4.33. The van der Waals surface area contributed by atoms with Crippen molar-refractivity contribution in [2.24, 2.45) is 0 Å². The second-order valence-electron chi connectivity index (χ2n) is 8.76. The van der Waals surface area contributed by atoms with Gasteiger partial charge in [0, 0.05) is 6.54 Å². The minimum atomic E-state index is 0.420. The zero-order chi connectivity index (χ0) is 23.3. The van der Waals surface area contributed by atoms with Gasteiger partial charge in [-0.3, -0.25) is 0 Å². The third kappa shape index (κ3) is 7.38. The van der Waals surface area contributed by atoms with Crippen LogP contribution in [0.1, 0.15) is 76.1 Å². The van der Waals surface area contributed by atoms with E-state index in [1.165, 1.54) is 63.3 Å². The van der Waals surface area contributed by atoms with E-state index in [-0.39, 0.29) is 0 Å². The molecule has 1 aromatic heterocycles. The van der Waals surface area contributed by atoms with Crippen molar-refractivity contribution in [2.45, 2.75) is 84.3 Å². The maximum atomic E-state index is 6.17. The normalized spacial score (nSPS) is 11.1. The molecule has 3 rings (SSSR count). The quantitative estimate of drug-likeness (QED) is 0.165. The molecule has 0 N–H and O–H groups in total. The van der Waals surface area contributed by atoms with Crippen molar-refractivity contribution in [2.75, 3.05) is 7.11 Å². The van der Waals surface area contributed by atoms with Crippen LogP contribution in [-0.4, -0.2) is 16.7 Å². The number of methoxy groups -OCH3 is 1. The molecule has 0 fully saturated rings. The van der Waals surface area contributed by atoms with Crippen LogP contribution in [0, 0.1) is 0 Å². The summed E-state index contributed by atoms with van der Waals surface area (Å²) in [5.41, 5.74) is 3.37. The Morgan fingerprint density at radius 3 is 2.36 bits per heavy atom. The van der Waals surface area contributed by atoms with Crippen molar-refractivity contribution in [3.8, 4) is 11.5 Å². The Morgan fingerprint density at radius 2 is 1.64 bits per heavy atom. The average molecular weight is 449 g/mol. The fraction of sp³-hybridized carbons (Fsp3) is 0.483. The first-order chi connectivity index (χ1) is 16.3. The van der Waals surface area contributed by atoms with Gasteiger partial charge in [0.25, 0.3) is 0 Å². The first-order valence-corrected chi connectivity index (χ1v) is 12.6. The summed E-state index contributed by atoms with van der Waals surface area (Å²) in [5, 5.41) is 0. The van der Waals surface area contributed by atoms with Gasteiger partial charge in [-0.25, -0.2) is 4.98 Å². The Hall–Kier alpha value is -2.75. The van der Waals surface area contributed by atoms with Crippen molar-refractivity contribution in [1.29, 1.82) is 0 Å². The van der Waals surface area contributed by atoms with Crippen molar-refractivity contribution in [3.05, 3.63) is 66.5 Å². The number of aromatic nitrogens is 2. The van der Waals surface area contributed by atoms with Gasteiger partial charge in [-0.2, -0.15) is 0 Å². The Balaban J connectivity index is 1.59. The highest BCUT2D eigenvalue weighted by molar-refractivity contribution is 5.75. The van der Waals surface area contributed by atoms with E-state index in [4.69, 9.17) is 14.5 Å². The molecule has 0 spiro atoms. The van der Waals surface area contributed by atoms with Crippen molar-refractivity contribution in [1.82, 2.24) is 9.55 Å². The van der Waals surface area contributed by atoms with Crippen LogP contribution in [0.5, 0.6) is 11.5 Å². The molecule has 1 heterocycles. The molecule has 0 saturated heterocycles. The standard InChI is InChI=1S/C29H40N2O2/c1-4-6-7-8-9-10-11-12-15-21-31-26-18-14-13-17-25(26)30-29(31)23-33-27-20-19-24(16-5-2)22-28(27)32-3/h5,13-14,17-20,22H,2,4,6-12,15-16,21,23H2,1,3H3. The first-order valence-electron chi connectivity index (χ1n) is 12.6. The van der Waals surface area contributed by atoms with Gasteiger partial charge in [-0.05, 0) is 42.7 Å². The third-order valence-corrected chi connectivity index (χ3v) is 6.18. The number of benzene rings is 2. The molecule has 0 unspecified atom stereocenters. The zero-order valence-electron chi connectivity index (χ0n) is 20.5. The lowest BCUT2D eigenvalue weighted by Gasteiger charge is -2.13. The van der Waals surface area contributed by atoms with Crippen LogP contribution < -0.4 is 9.47 Å². The van der Waals surface area contributed by atoms with Crippen LogP contribution >= 0.6 is 0 Å². The average Bonchev–Trinajstić information content (AvgIpc) is 3.19. The Bertz CT molecular complexity index is 992. The van der Waals surface area contributed by atoms with Crippen molar-refractivity contribution >= 4 is 11.0 Å². The van der Waals surface area contributed by atoms with Gasteiger partial charge in [-0.15, -0.1) is 6.58 Å². The highest BCUT2D eigenvalue weighted by Gasteiger charge is 2.13. The molecule has 0 saturated carbocycles. The molecule has 4 nitrogen and oxygen atoms in total. The van der Waals surface area contributed by atoms with E-state index in [1.807, 2.05) is 24.3 Å². The summed E-state index contributed by atoms with van der Waals surface area (Å²) in [7, 11) is 1.68. The van der Waals surface area contributed by atoms with E-state index in [2.05, 4.69) is 42.3 Å². The van der Waals surface area contributed by atoms with Crippen LogP contribution in [0.2, 0.25) is 0 Å². The molecule has 0 aliphatic carbocycles. The summed E-state index contributed by atoms with van der Waals surface area (Å²) >= 11 is 0. The van der Waals surface area contributed by atoms with Crippen molar-refractivity contribution in [3.63, 3.8) is 0 Å². The topological polar surface area (TPSA) is 36.3 Å². The predicted octanol–water partition coefficient (Wildman–Crippen LogP) is 7.88. The molecule has 2 aromatic carbocycles. The van der Waals surface area contributed by atoms with E-state index in [0.29, 0.717) is 6.61 Å². The lowest BCUT2D eigenvalue weighted by atomic mass is 10.1. The Morgan fingerprint density at radius 1 is 0.909 bits per heavy atom. The van der Waals surface area contributed by atoms with E-state index in [0.717, 1.165) is 41.4 Å². The van der Waals surface area contributed by atoms with Gasteiger partial charge >= 0.3 is 0 Å². The molecule has 0 aliphatic rings. The number of fused-ring (bicyclic) bond motifs is 1. The lowest BCUT2D eigenvalue weighted by molar-refractivity contribution is 0.271. The van der Waals surface area contributed by atoms with E-state index in [9.17, 15) is 0 Å². The molecule has 178 valence electrons. The summed E-state index contributed by atoms with van der Waals surface area (Å²) in [4.78, 5) is 4.87. The summed E-state index contributed by atoms with van der Waals surface area (Å²) in [6.07, 6.45) is 14.7. The number of hydrogen-bond donors (Lipinski definition) is 0. The maximum absolute atomic E-state index is 6.17. The Kier molecular flexibility index (Phi) is 10.3. The maximum Gasteiger partial charge on any atom is 0.161 e. The highest BCUT2D eigenvalue weighted by Crippen LogP contribution is 2.29. The monoisotopic (exact) mass is 448 g/mol. The number of aryl methyl sites for hydroxylation is 1. The van der Waals surface area contributed by atoms with Crippen LogP contribution in [-0.2, 0) is 19.6 Å². The molecule has 33 heavy (non-hydrogen) atoms. The predicted molar refractivity (Wildman–Crippen MR) is 138 cm³/mol. The molecule has 0 radical (unpaired) electrons. The lowest BCUT2D eigenvalue weighted by Crippen LogP contribution is -2.08. The summed E-state index contributed by atoms with van der Waals surface area (Å²) in [5.74, 6) is 2.45. The molecule has 0 aliphatic heterocycles. The molecular weight excluding hydrogens is 408 g/mol. The number of rotatable bonds is 16. The van der Waals surface area contributed by atoms with Crippen molar-refractivity contribution < 1.29 is 9.47 Å². The molecule has 0 bridgehead atoms. The number of hydrogen-bond acceptors (Lipinski definition) is 3.